The maximum atomic E-state index is 12.6. The van der Waals surface area contributed by atoms with Gasteiger partial charge in [-0.15, -0.1) is 11.3 Å². The number of amides is 1. The minimum absolute atomic E-state index is 0.00618. The molecule has 3 heterocycles. The molecule has 0 radical (unpaired) electrons. The third kappa shape index (κ3) is 4.49. The Balaban J connectivity index is 1.23. The minimum atomic E-state index is -0.0967. The zero-order valence-electron chi connectivity index (χ0n) is 17.6. The number of carbonyl (C=O) groups is 1. The Bertz CT molecular complexity index is 1280. The molecule has 5 rings (SSSR count). The number of hydrogen-bond donors (Lipinski definition) is 2. The largest absolute Gasteiger partial charge is 0.326 e. The van der Waals surface area contributed by atoms with Crippen LogP contribution in [0, 0.1) is 5.92 Å². The molecule has 162 valence electrons. The molecule has 7 heteroatoms. The van der Waals surface area contributed by atoms with Gasteiger partial charge in [0.2, 0.25) is 5.91 Å². The number of nitrogens with zero attached hydrogens (tertiary/aromatic N) is 2. The van der Waals surface area contributed by atoms with Gasteiger partial charge in [-0.1, -0.05) is 48.5 Å². The SMILES string of the molecule is O=C(Nc1ccccc1)C1CCN(Cc2nc3sc(-c4ccccc4)cc3c(=O)[nH]2)CC1. The van der Waals surface area contributed by atoms with Crippen molar-refractivity contribution in [2.75, 3.05) is 18.4 Å². The van der Waals surface area contributed by atoms with E-state index in [0.717, 1.165) is 46.9 Å². The van der Waals surface area contributed by atoms with Crippen molar-refractivity contribution in [3.63, 3.8) is 0 Å². The van der Waals surface area contributed by atoms with Crippen molar-refractivity contribution in [1.29, 1.82) is 0 Å². The number of hydrogen-bond acceptors (Lipinski definition) is 5. The Morgan fingerprint density at radius 1 is 1.06 bits per heavy atom. The fraction of sp³-hybridized carbons (Fsp3) is 0.240. The molecule has 1 amide bonds. The van der Waals surface area contributed by atoms with E-state index in [0.29, 0.717) is 17.8 Å². The number of fused-ring (bicyclic) bond motifs is 1. The van der Waals surface area contributed by atoms with Crippen LogP contribution >= 0.6 is 11.3 Å². The number of rotatable bonds is 5. The highest BCUT2D eigenvalue weighted by atomic mass is 32.1. The molecule has 1 saturated heterocycles. The normalized spacial score (nSPS) is 15.1. The van der Waals surface area contributed by atoms with Crippen molar-refractivity contribution in [3.05, 3.63) is 82.9 Å². The lowest BCUT2D eigenvalue weighted by Gasteiger charge is -2.30. The molecule has 32 heavy (non-hydrogen) atoms. The Morgan fingerprint density at radius 3 is 2.47 bits per heavy atom. The molecule has 2 N–H and O–H groups in total. The summed E-state index contributed by atoms with van der Waals surface area (Å²) in [5, 5.41) is 3.64. The summed E-state index contributed by atoms with van der Waals surface area (Å²) in [5.41, 5.74) is 1.83. The molecule has 0 bridgehead atoms. The highest BCUT2D eigenvalue weighted by molar-refractivity contribution is 7.21. The number of piperidine rings is 1. The van der Waals surface area contributed by atoms with E-state index in [1.165, 1.54) is 0 Å². The summed E-state index contributed by atoms with van der Waals surface area (Å²) in [7, 11) is 0. The van der Waals surface area contributed by atoms with Crippen LogP contribution in [0.15, 0.2) is 71.5 Å². The number of nitrogens with one attached hydrogen (secondary N) is 2. The van der Waals surface area contributed by atoms with Crippen molar-refractivity contribution in [2.45, 2.75) is 19.4 Å². The number of para-hydroxylation sites is 1. The minimum Gasteiger partial charge on any atom is -0.326 e. The van der Waals surface area contributed by atoms with Gasteiger partial charge in [-0.2, -0.15) is 0 Å². The van der Waals surface area contributed by atoms with E-state index in [2.05, 4.69) is 15.2 Å². The van der Waals surface area contributed by atoms with Gasteiger partial charge in [0.15, 0.2) is 0 Å². The van der Waals surface area contributed by atoms with Crippen molar-refractivity contribution in [2.24, 2.45) is 5.92 Å². The van der Waals surface area contributed by atoms with E-state index in [1.807, 2.05) is 66.7 Å². The Kier molecular flexibility index (Phi) is 5.83. The second-order valence-electron chi connectivity index (χ2n) is 8.11. The number of thiophene rings is 1. The summed E-state index contributed by atoms with van der Waals surface area (Å²) < 4.78 is 0. The second-order valence-corrected chi connectivity index (χ2v) is 9.14. The number of benzene rings is 2. The maximum absolute atomic E-state index is 12.6. The number of likely N-dealkylation sites (tertiary alicyclic amines) is 1. The standard InChI is InChI=1S/C25H24N4O2S/c30-23(26-19-9-5-2-6-10-19)18-11-13-29(14-12-18)16-22-27-24(31)20-15-21(32-25(20)28-22)17-7-3-1-4-8-17/h1-10,15,18H,11-14,16H2,(H,26,30)(H,27,28,31). The summed E-state index contributed by atoms with van der Waals surface area (Å²) in [4.78, 5) is 36.9. The molecule has 1 aliphatic rings. The zero-order chi connectivity index (χ0) is 21.9. The smallest absolute Gasteiger partial charge is 0.259 e. The lowest BCUT2D eigenvalue weighted by Crippen LogP contribution is -2.38. The average Bonchev–Trinajstić information content (AvgIpc) is 3.26. The molecule has 2 aromatic carbocycles. The van der Waals surface area contributed by atoms with Crippen molar-refractivity contribution in [3.8, 4) is 10.4 Å². The first-order chi connectivity index (χ1) is 15.7. The van der Waals surface area contributed by atoms with Crippen molar-refractivity contribution in [1.82, 2.24) is 14.9 Å². The highest BCUT2D eigenvalue weighted by Gasteiger charge is 2.25. The van der Waals surface area contributed by atoms with E-state index in [4.69, 9.17) is 4.98 Å². The van der Waals surface area contributed by atoms with E-state index in [9.17, 15) is 9.59 Å². The van der Waals surface area contributed by atoms with Crippen LogP contribution in [0.4, 0.5) is 5.69 Å². The van der Waals surface area contributed by atoms with Crippen molar-refractivity contribution < 1.29 is 4.79 Å². The molecule has 4 aromatic rings. The third-order valence-electron chi connectivity index (χ3n) is 5.88. The monoisotopic (exact) mass is 444 g/mol. The number of H-pyrrole nitrogens is 1. The summed E-state index contributed by atoms with van der Waals surface area (Å²) in [6.45, 7) is 2.18. The first-order valence-corrected chi connectivity index (χ1v) is 11.6. The molecule has 0 saturated carbocycles. The summed E-state index contributed by atoms with van der Waals surface area (Å²) >= 11 is 1.54. The molecule has 1 aliphatic heterocycles. The van der Waals surface area contributed by atoms with Gasteiger partial charge in [-0.3, -0.25) is 14.5 Å². The topological polar surface area (TPSA) is 78.1 Å². The van der Waals surface area contributed by atoms with Crippen LogP contribution in [0.25, 0.3) is 20.7 Å². The lowest BCUT2D eigenvalue weighted by atomic mass is 9.96. The molecule has 2 aromatic heterocycles. The van der Waals surface area contributed by atoms with E-state index >= 15 is 0 Å². The van der Waals surface area contributed by atoms with Crippen LogP contribution in [0.5, 0.6) is 0 Å². The van der Waals surface area contributed by atoms with Gasteiger partial charge < -0.3 is 10.3 Å². The van der Waals surface area contributed by atoms with Crippen LogP contribution in [-0.2, 0) is 11.3 Å². The van der Waals surface area contributed by atoms with Gasteiger partial charge in [-0.25, -0.2) is 4.98 Å². The van der Waals surface area contributed by atoms with E-state index < -0.39 is 0 Å². The van der Waals surface area contributed by atoms with Gasteiger partial charge >= 0.3 is 0 Å². The Hall–Kier alpha value is -3.29. The van der Waals surface area contributed by atoms with Gasteiger partial charge in [0.1, 0.15) is 10.7 Å². The fourth-order valence-corrected chi connectivity index (χ4v) is 5.18. The molecular weight excluding hydrogens is 420 g/mol. The predicted octanol–water partition coefficient (Wildman–Crippen LogP) is 4.50. The number of aromatic nitrogens is 2. The fourth-order valence-electron chi connectivity index (χ4n) is 4.13. The molecule has 0 aliphatic carbocycles. The first-order valence-electron chi connectivity index (χ1n) is 10.8. The second kappa shape index (κ2) is 9.06. The van der Waals surface area contributed by atoms with E-state index in [1.54, 1.807) is 11.3 Å². The van der Waals surface area contributed by atoms with Crippen molar-refractivity contribution >= 4 is 33.1 Å². The molecule has 1 fully saturated rings. The summed E-state index contributed by atoms with van der Waals surface area (Å²) in [5.74, 6) is 0.763. The highest BCUT2D eigenvalue weighted by Crippen LogP contribution is 2.31. The average molecular weight is 445 g/mol. The molecule has 0 atom stereocenters. The first kappa shape index (κ1) is 20.6. The van der Waals surface area contributed by atoms with Crippen LogP contribution in [0.3, 0.4) is 0 Å². The number of aromatic amines is 1. The molecule has 0 unspecified atom stereocenters. The number of anilines is 1. The number of carbonyl (C=O) groups excluding carboxylic acids is 1. The molecular formula is C25H24N4O2S. The lowest BCUT2D eigenvalue weighted by molar-refractivity contribution is -0.121. The zero-order valence-corrected chi connectivity index (χ0v) is 18.4. The maximum Gasteiger partial charge on any atom is 0.259 e. The van der Waals surface area contributed by atoms with E-state index in [-0.39, 0.29) is 17.4 Å². The summed E-state index contributed by atoms with van der Waals surface area (Å²) in [6.07, 6.45) is 1.59. The Morgan fingerprint density at radius 2 is 1.75 bits per heavy atom. The third-order valence-corrected chi connectivity index (χ3v) is 6.96. The van der Waals surface area contributed by atoms with Gasteiger partial charge in [0, 0.05) is 16.5 Å². The van der Waals surface area contributed by atoms with Crippen LogP contribution < -0.4 is 10.9 Å². The van der Waals surface area contributed by atoms with Crippen LogP contribution in [-0.4, -0.2) is 33.9 Å². The summed E-state index contributed by atoms with van der Waals surface area (Å²) in [6, 6.07) is 21.5. The van der Waals surface area contributed by atoms with Gasteiger partial charge in [0.05, 0.1) is 11.9 Å². The molecule has 0 spiro atoms. The van der Waals surface area contributed by atoms with Gasteiger partial charge in [-0.05, 0) is 49.7 Å². The van der Waals surface area contributed by atoms with Crippen LogP contribution in [0.1, 0.15) is 18.7 Å². The predicted molar refractivity (Wildman–Crippen MR) is 129 cm³/mol. The quantitative estimate of drug-likeness (QED) is 0.475. The van der Waals surface area contributed by atoms with Gasteiger partial charge in [0.25, 0.3) is 5.56 Å². The molecule has 6 nitrogen and oxygen atoms in total. The van der Waals surface area contributed by atoms with Crippen LogP contribution in [0.2, 0.25) is 0 Å². The Labute approximate surface area is 189 Å².